The Morgan fingerprint density at radius 3 is 2.77 bits per heavy atom. The van der Waals surface area contributed by atoms with Crippen LogP contribution in [0.2, 0.25) is 0 Å². The summed E-state index contributed by atoms with van der Waals surface area (Å²) >= 11 is 0. The molecule has 1 saturated carbocycles. The number of ether oxygens (including phenoxy) is 2. The van der Waals surface area contributed by atoms with Crippen molar-refractivity contribution in [3.63, 3.8) is 0 Å². The Balaban J connectivity index is 1.28. The second kappa shape index (κ2) is 7.11. The second-order valence-electron chi connectivity index (χ2n) is 6.46. The van der Waals surface area contributed by atoms with Crippen molar-refractivity contribution in [3.8, 4) is 11.5 Å². The quantitative estimate of drug-likeness (QED) is 0.823. The highest BCUT2D eigenvalue weighted by Crippen LogP contribution is 2.32. The third-order valence-corrected chi connectivity index (χ3v) is 4.52. The molecular weight excluding hydrogens is 336 g/mol. The highest BCUT2D eigenvalue weighted by molar-refractivity contribution is 5.94. The Bertz CT molecular complexity index is 798. The van der Waals surface area contributed by atoms with Gasteiger partial charge in [0, 0.05) is 25.6 Å². The highest BCUT2D eigenvalue weighted by atomic mass is 16.7. The summed E-state index contributed by atoms with van der Waals surface area (Å²) < 4.78 is 15.6. The fraction of sp³-hybridized carbons (Fsp3) is 0.368. The minimum atomic E-state index is -0.0895. The lowest BCUT2D eigenvalue weighted by atomic mass is 10.2. The minimum absolute atomic E-state index is 0.0789. The smallest absolute Gasteiger partial charge is 0.257 e. The number of benzene rings is 1. The van der Waals surface area contributed by atoms with Crippen molar-refractivity contribution in [1.82, 2.24) is 10.2 Å². The molecule has 1 aliphatic carbocycles. The highest BCUT2D eigenvalue weighted by Gasteiger charge is 2.33. The van der Waals surface area contributed by atoms with E-state index in [2.05, 4.69) is 5.32 Å². The molecule has 2 aliphatic rings. The van der Waals surface area contributed by atoms with Gasteiger partial charge in [-0.1, -0.05) is 6.07 Å². The summed E-state index contributed by atoms with van der Waals surface area (Å²) in [5, 5.41) is 2.89. The van der Waals surface area contributed by atoms with Crippen LogP contribution in [-0.4, -0.2) is 36.1 Å². The predicted octanol–water partition coefficient (Wildman–Crippen LogP) is 2.32. The summed E-state index contributed by atoms with van der Waals surface area (Å²) in [6, 6.07) is 7.48. The van der Waals surface area contributed by atoms with Crippen molar-refractivity contribution in [1.29, 1.82) is 0 Å². The summed E-state index contributed by atoms with van der Waals surface area (Å²) in [4.78, 5) is 26.4. The first-order valence-corrected chi connectivity index (χ1v) is 8.69. The largest absolute Gasteiger partial charge is 0.472 e. The van der Waals surface area contributed by atoms with E-state index in [4.69, 9.17) is 13.9 Å². The lowest BCUT2D eigenvalue weighted by Crippen LogP contribution is -2.36. The van der Waals surface area contributed by atoms with E-state index in [0.29, 0.717) is 24.4 Å². The maximum atomic E-state index is 12.5. The Kier molecular flexibility index (Phi) is 4.51. The van der Waals surface area contributed by atoms with Crippen molar-refractivity contribution in [2.24, 2.45) is 0 Å². The first-order chi connectivity index (χ1) is 12.7. The lowest BCUT2D eigenvalue weighted by Gasteiger charge is -2.21. The van der Waals surface area contributed by atoms with Gasteiger partial charge in [0.1, 0.15) is 6.26 Å². The van der Waals surface area contributed by atoms with E-state index >= 15 is 0 Å². The zero-order valence-corrected chi connectivity index (χ0v) is 14.3. The van der Waals surface area contributed by atoms with E-state index in [1.54, 1.807) is 11.0 Å². The van der Waals surface area contributed by atoms with Crippen LogP contribution in [0, 0.1) is 0 Å². The van der Waals surface area contributed by atoms with Gasteiger partial charge < -0.3 is 24.1 Å². The van der Waals surface area contributed by atoms with Gasteiger partial charge in [-0.2, -0.15) is 0 Å². The maximum absolute atomic E-state index is 12.5. The monoisotopic (exact) mass is 356 g/mol. The van der Waals surface area contributed by atoms with Crippen LogP contribution in [0.1, 0.15) is 35.2 Å². The Morgan fingerprint density at radius 1 is 1.15 bits per heavy atom. The number of fused-ring (bicyclic) bond motifs is 1. The zero-order chi connectivity index (χ0) is 17.9. The summed E-state index contributed by atoms with van der Waals surface area (Å²) in [7, 11) is 0. The molecule has 136 valence electrons. The van der Waals surface area contributed by atoms with Crippen molar-refractivity contribution in [2.75, 3.05) is 13.3 Å². The van der Waals surface area contributed by atoms with Crippen molar-refractivity contribution in [2.45, 2.75) is 31.8 Å². The van der Waals surface area contributed by atoms with Gasteiger partial charge in [-0.15, -0.1) is 0 Å². The third-order valence-electron chi connectivity index (χ3n) is 4.52. The van der Waals surface area contributed by atoms with Gasteiger partial charge in [-0.3, -0.25) is 9.59 Å². The predicted molar refractivity (Wildman–Crippen MR) is 91.8 cm³/mol. The van der Waals surface area contributed by atoms with Gasteiger partial charge in [0.15, 0.2) is 11.5 Å². The minimum Gasteiger partial charge on any atom is -0.472 e. The SMILES string of the molecule is O=C(CCN(C(=O)c1ccoc1)C1CC1)NCc1ccc2c(c1)OCO2. The molecular formula is C19H20N2O5. The fourth-order valence-corrected chi connectivity index (χ4v) is 2.95. The van der Waals surface area contributed by atoms with Gasteiger partial charge in [0.25, 0.3) is 5.91 Å². The Hall–Kier alpha value is -2.96. The number of amides is 2. The summed E-state index contributed by atoms with van der Waals surface area (Å²) in [5.74, 6) is 1.25. The third kappa shape index (κ3) is 3.66. The average Bonchev–Trinajstić information content (AvgIpc) is 3.15. The molecule has 2 heterocycles. The molecule has 7 nitrogen and oxygen atoms in total. The van der Waals surface area contributed by atoms with Gasteiger partial charge in [0.05, 0.1) is 11.8 Å². The van der Waals surface area contributed by atoms with E-state index in [1.807, 2.05) is 18.2 Å². The number of furan rings is 1. The molecule has 2 amide bonds. The van der Waals surface area contributed by atoms with E-state index < -0.39 is 0 Å². The molecule has 0 radical (unpaired) electrons. The van der Waals surface area contributed by atoms with Gasteiger partial charge in [-0.05, 0) is 36.6 Å². The van der Waals surface area contributed by atoms with Crippen LogP contribution in [0.3, 0.4) is 0 Å². The first-order valence-electron chi connectivity index (χ1n) is 8.69. The molecule has 1 aromatic carbocycles. The number of hydrogen-bond donors (Lipinski definition) is 1. The molecule has 0 spiro atoms. The van der Waals surface area contributed by atoms with Crippen LogP contribution >= 0.6 is 0 Å². The molecule has 1 aromatic heterocycles. The van der Waals surface area contributed by atoms with Crippen LogP contribution in [0.15, 0.2) is 41.2 Å². The van der Waals surface area contributed by atoms with E-state index in [-0.39, 0.29) is 31.1 Å². The molecule has 0 bridgehead atoms. The molecule has 7 heteroatoms. The lowest BCUT2D eigenvalue weighted by molar-refractivity contribution is -0.121. The van der Waals surface area contributed by atoms with Crippen molar-refractivity contribution < 1.29 is 23.5 Å². The summed E-state index contributed by atoms with van der Waals surface area (Å²) in [6.07, 6.45) is 5.17. The van der Waals surface area contributed by atoms with Gasteiger partial charge >= 0.3 is 0 Å². The topological polar surface area (TPSA) is 81.0 Å². The van der Waals surface area contributed by atoms with Crippen LogP contribution < -0.4 is 14.8 Å². The number of nitrogens with one attached hydrogen (secondary N) is 1. The average molecular weight is 356 g/mol. The van der Waals surface area contributed by atoms with Crippen molar-refractivity contribution >= 4 is 11.8 Å². The normalized spacial score (nSPS) is 14.9. The van der Waals surface area contributed by atoms with Crippen LogP contribution in [-0.2, 0) is 11.3 Å². The zero-order valence-electron chi connectivity index (χ0n) is 14.3. The van der Waals surface area contributed by atoms with Gasteiger partial charge in [-0.25, -0.2) is 0 Å². The summed E-state index contributed by atoms with van der Waals surface area (Å²) in [5.41, 5.74) is 1.47. The molecule has 1 fully saturated rings. The van der Waals surface area contributed by atoms with Crippen molar-refractivity contribution in [3.05, 3.63) is 47.9 Å². The molecule has 2 aromatic rings. The second-order valence-corrected chi connectivity index (χ2v) is 6.46. The molecule has 0 unspecified atom stereocenters. The maximum Gasteiger partial charge on any atom is 0.257 e. The molecule has 1 N–H and O–H groups in total. The van der Waals surface area contributed by atoms with Crippen LogP contribution in [0.5, 0.6) is 11.5 Å². The van der Waals surface area contributed by atoms with Crippen LogP contribution in [0.25, 0.3) is 0 Å². The number of hydrogen-bond acceptors (Lipinski definition) is 5. The first kappa shape index (κ1) is 16.5. The Labute approximate surface area is 150 Å². The standard InChI is InChI=1S/C19H20N2O5/c22-18(20-10-13-1-4-16-17(9-13)26-12-25-16)5-7-21(15-2-3-15)19(23)14-6-8-24-11-14/h1,4,6,8-9,11,15H,2-3,5,7,10,12H2,(H,20,22). The molecule has 0 atom stereocenters. The van der Waals surface area contributed by atoms with Crippen LogP contribution in [0.4, 0.5) is 0 Å². The van der Waals surface area contributed by atoms with Gasteiger partial charge in [0.2, 0.25) is 12.7 Å². The fourth-order valence-electron chi connectivity index (χ4n) is 2.95. The number of carbonyl (C=O) groups excluding carboxylic acids is 2. The number of nitrogens with zero attached hydrogens (tertiary/aromatic N) is 1. The molecule has 0 saturated heterocycles. The Morgan fingerprint density at radius 2 is 2.00 bits per heavy atom. The van der Waals surface area contributed by atoms with E-state index in [1.165, 1.54) is 12.5 Å². The van der Waals surface area contributed by atoms with E-state index in [0.717, 1.165) is 24.2 Å². The summed E-state index contributed by atoms with van der Waals surface area (Å²) in [6.45, 7) is 1.04. The molecule has 26 heavy (non-hydrogen) atoms. The van der Waals surface area contributed by atoms with E-state index in [9.17, 15) is 9.59 Å². The number of carbonyl (C=O) groups is 2. The number of rotatable bonds is 7. The molecule has 4 rings (SSSR count). The molecule has 1 aliphatic heterocycles.